The number of nitrogens with two attached hydrogens (primary N) is 1. The van der Waals surface area contributed by atoms with Crippen LogP contribution in [0, 0.1) is 5.92 Å². The summed E-state index contributed by atoms with van der Waals surface area (Å²) >= 11 is 0. The maximum Gasteiger partial charge on any atom is 0.329 e. The molecule has 2 atom stereocenters. The van der Waals surface area contributed by atoms with Crippen molar-refractivity contribution < 1.29 is 19.1 Å². The van der Waals surface area contributed by atoms with Crippen LogP contribution in [-0.4, -0.2) is 35.0 Å². The standard InChI is InChI=1S/C24H31N3O4/c1-17(2)14-21(26-24(25)30)23(29)31-18(3)22(28)27(15-19-10-6-4-7-11-19)16-20-12-8-5-9-13-20/h4-13,17-18,21H,14-16H2,1-3H3,(H3,25,26,30)/t18-,21-/m1/s1. The van der Waals surface area contributed by atoms with Gasteiger partial charge in [-0.1, -0.05) is 74.5 Å². The molecule has 0 radical (unpaired) electrons. The second-order valence-electron chi connectivity index (χ2n) is 7.94. The number of hydrogen-bond donors (Lipinski definition) is 2. The van der Waals surface area contributed by atoms with Crippen LogP contribution in [-0.2, 0) is 27.4 Å². The lowest BCUT2D eigenvalue weighted by Crippen LogP contribution is -2.47. The minimum absolute atomic E-state index is 0.128. The zero-order chi connectivity index (χ0) is 22.8. The number of urea groups is 1. The van der Waals surface area contributed by atoms with E-state index in [1.807, 2.05) is 74.5 Å². The molecule has 3 amide bonds. The first-order valence-corrected chi connectivity index (χ1v) is 10.4. The van der Waals surface area contributed by atoms with Crippen LogP contribution in [0.5, 0.6) is 0 Å². The number of amides is 3. The van der Waals surface area contributed by atoms with Gasteiger partial charge in [-0.3, -0.25) is 4.79 Å². The molecular formula is C24H31N3O4. The van der Waals surface area contributed by atoms with Crippen LogP contribution in [0.3, 0.4) is 0 Å². The fraction of sp³-hybridized carbons (Fsp3) is 0.375. The van der Waals surface area contributed by atoms with E-state index in [9.17, 15) is 14.4 Å². The van der Waals surface area contributed by atoms with Crippen molar-refractivity contribution in [1.82, 2.24) is 10.2 Å². The van der Waals surface area contributed by atoms with Crippen molar-refractivity contribution in [3.63, 3.8) is 0 Å². The van der Waals surface area contributed by atoms with Crippen molar-refractivity contribution in [2.24, 2.45) is 11.7 Å². The number of nitrogens with zero attached hydrogens (tertiary/aromatic N) is 1. The number of carbonyl (C=O) groups is 3. The molecule has 3 N–H and O–H groups in total. The topological polar surface area (TPSA) is 102 Å². The molecule has 31 heavy (non-hydrogen) atoms. The third-order valence-electron chi connectivity index (χ3n) is 4.69. The third-order valence-corrected chi connectivity index (χ3v) is 4.69. The summed E-state index contributed by atoms with van der Waals surface area (Å²) in [4.78, 5) is 38.7. The Kier molecular flexibility index (Phi) is 9.06. The molecular weight excluding hydrogens is 394 g/mol. The van der Waals surface area contributed by atoms with Gasteiger partial charge in [-0.2, -0.15) is 0 Å². The molecule has 0 aliphatic carbocycles. The Morgan fingerprint density at radius 3 is 1.81 bits per heavy atom. The van der Waals surface area contributed by atoms with Crippen molar-refractivity contribution in [3.8, 4) is 0 Å². The number of benzene rings is 2. The lowest BCUT2D eigenvalue weighted by molar-refractivity contribution is -0.161. The Labute approximate surface area is 183 Å². The van der Waals surface area contributed by atoms with Crippen molar-refractivity contribution in [1.29, 1.82) is 0 Å². The summed E-state index contributed by atoms with van der Waals surface area (Å²) in [7, 11) is 0. The van der Waals surface area contributed by atoms with Gasteiger partial charge in [0.05, 0.1) is 0 Å². The molecule has 7 heteroatoms. The van der Waals surface area contributed by atoms with E-state index in [1.54, 1.807) is 11.8 Å². The van der Waals surface area contributed by atoms with Crippen LogP contribution in [0.4, 0.5) is 4.79 Å². The van der Waals surface area contributed by atoms with Gasteiger partial charge in [0, 0.05) is 13.1 Å². The molecule has 2 aromatic rings. The van der Waals surface area contributed by atoms with Gasteiger partial charge >= 0.3 is 12.0 Å². The van der Waals surface area contributed by atoms with Gasteiger partial charge in [0.1, 0.15) is 6.04 Å². The molecule has 0 aromatic heterocycles. The maximum absolute atomic E-state index is 13.2. The zero-order valence-electron chi connectivity index (χ0n) is 18.3. The van der Waals surface area contributed by atoms with Crippen molar-refractivity contribution in [3.05, 3.63) is 71.8 Å². The minimum Gasteiger partial charge on any atom is -0.451 e. The molecule has 2 aromatic carbocycles. The smallest absolute Gasteiger partial charge is 0.329 e. The average Bonchev–Trinajstić information content (AvgIpc) is 2.73. The second kappa shape index (κ2) is 11.7. The second-order valence-corrected chi connectivity index (χ2v) is 7.94. The first-order chi connectivity index (χ1) is 14.8. The Morgan fingerprint density at radius 1 is 0.903 bits per heavy atom. The molecule has 0 saturated heterocycles. The van der Waals surface area contributed by atoms with E-state index in [0.29, 0.717) is 19.5 Å². The summed E-state index contributed by atoms with van der Waals surface area (Å²) in [6.07, 6.45) is -0.648. The number of rotatable bonds is 10. The van der Waals surface area contributed by atoms with Gasteiger partial charge in [-0.15, -0.1) is 0 Å². The molecule has 0 unspecified atom stereocenters. The van der Waals surface area contributed by atoms with Gasteiger partial charge in [-0.25, -0.2) is 9.59 Å². The normalized spacial score (nSPS) is 12.6. The number of primary amides is 1. The van der Waals surface area contributed by atoms with Gasteiger partial charge < -0.3 is 20.7 Å². The van der Waals surface area contributed by atoms with Crippen LogP contribution < -0.4 is 11.1 Å². The van der Waals surface area contributed by atoms with Crippen molar-refractivity contribution >= 4 is 17.9 Å². The number of hydrogen-bond acceptors (Lipinski definition) is 4. The summed E-state index contributed by atoms with van der Waals surface area (Å²) in [5.41, 5.74) is 7.13. The Morgan fingerprint density at radius 2 is 1.39 bits per heavy atom. The highest BCUT2D eigenvalue weighted by Crippen LogP contribution is 2.14. The number of ether oxygens (including phenoxy) is 1. The number of nitrogens with one attached hydrogen (secondary N) is 1. The first-order valence-electron chi connectivity index (χ1n) is 10.4. The average molecular weight is 426 g/mol. The Bertz CT molecular complexity index is 814. The van der Waals surface area contributed by atoms with E-state index < -0.39 is 24.1 Å². The summed E-state index contributed by atoms with van der Waals surface area (Å²) in [5, 5.41) is 2.40. The zero-order valence-corrected chi connectivity index (χ0v) is 18.3. The van der Waals surface area contributed by atoms with Gasteiger partial charge in [0.2, 0.25) is 0 Å². The molecule has 0 fully saturated rings. The van der Waals surface area contributed by atoms with E-state index in [2.05, 4.69) is 5.32 Å². The third kappa shape index (κ3) is 8.12. The van der Waals surface area contributed by atoms with Gasteiger partial charge in [-0.05, 0) is 30.4 Å². The van der Waals surface area contributed by atoms with Gasteiger partial charge in [0.15, 0.2) is 6.10 Å². The summed E-state index contributed by atoms with van der Waals surface area (Å²) < 4.78 is 5.43. The van der Waals surface area contributed by atoms with Crippen molar-refractivity contribution in [2.75, 3.05) is 0 Å². The molecule has 2 rings (SSSR count). The summed E-state index contributed by atoms with van der Waals surface area (Å²) in [5.74, 6) is -0.862. The highest BCUT2D eigenvalue weighted by molar-refractivity contribution is 5.87. The van der Waals surface area contributed by atoms with E-state index in [1.165, 1.54) is 0 Å². The predicted molar refractivity (Wildman–Crippen MR) is 119 cm³/mol. The fourth-order valence-electron chi connectivity index (χ4n) is 3.24. The van der Waals surface area contributed by atoms with E-state index in [4.69, 9.17) is 10.5 Å². The first kappa shape index (κ1) is 23.9. The quantitative estimate of drug-likeness (QED) is 0.571. The summed E-state index contributed by atoms with van der Waals surface area (Å²) in [6, 6.07) is 17.5. The highest BCUT2D eigenvalue weighted by atomic mass is 16.5. The lowest BCUT2D eigenvalue weighted by atomic mass is 10.0. The van der Waals surface area contributed by atoms with E-state index in [0.717, 1.165) is 11.1 Å². The van der Waals surface area contributed by atoms with Crippen LogP contribution >= 0.6 is 0 Å². The monoisotopic (exact) mass is 425 g/mol. The SMILES string of the molecule is CC(C)C[C@@H](NC(N)=O)C(=O)O[C@H](C)C(=O)N(Cc1ccccc1)Cc1ccccc1. The molecule has 0 aliphatic rings. The maximum atomic E-state index is 13.2. The number of esters is 1. The van der Waals surface area contributed by atoms with Crippen molar-refractivity contribution in [2.45, 2.75) is 52.4 Å². The largest absolute Gasteiger partial charge is 0.451 e. The molecule has 0 aliphatic heterocycles. The Balaban J connectivity index is 2.13. The molecule has 0 bridgehead atoms. The van der Waals surface area contributed by atoms with E-state index in [-0.39, 0.29) is 11.8 Å². The highest BCUT2D eigenvalue weighted by Gasteiger charge is 2.29. The van der Waals surface area contributed by atoms with Crippen LogP contribution in [0.25, 0.3) is 0 Å². The molecule has 0 spiro atoms. The Hall–Kier alpha value is -3.35. The van der Waals surface area contributed by atoms with Crippen LogP contribution in [0.15, 0.2) is 60.7 Å². The predicted octanol–water partition coefficient (Wildman–Crippen LogP) is 3.23. The molecule has 7 nitrogen and oxygen atoms in total. The summed E-state index contributed by atoms with van der Waals surface area (Å²) in [6.45, 7) is 6.13. The van der Waals surface area contributed by atoms with Crippen LogP contribution in [0.1, 0.15) is 38.3 Å². The minimum atomic E-state index is -1.01. The molecule has 166 valence electrons. The van der Waals surface area contributed by atoms with Crippen LogP contribution in [0.2, 0.25) is 0 Å². The fourth-order valence-corrected chi connectivity index (χ4v) is 3.24. The lowest BCUT2D eigenvalue weighted by Gasteiger charge is -2.27. The van der Waals surface area contributed by atoms with Gasteiger partial charge in [0.25, 0.3) is 5.91 Å². The number of carbonyl (C=O) groups excluding carboxylic acids is 3. The van der Waals surface area contributed by atoms with E-state index >= 15 is 0 Å². The molecule has 0 heterocycles. The molecule has 0 saturated carbocycles.